The van der Waals surface area contributed by atoms with Crippen LogP contribution in [0.15, 0.2) is 42.5 Å². The first-order valence-corrected chi connectivity index (χ1v) is 6.32. The van der Waals surface area contributed by atoms with Crippen molar-refractivity contribution in [3.05, 3.63) is 48.0 Å². The minimum atomic E-state index is -0.178. The lowest BCUT2D eigenvalue weighted by Crippen LogP contribution is -2.30. The van der Waals surface area contributed by atoms with Gasteiger partial charge < -0.3 is 9.53 Å². The van der Waals surface area contributed by atoms with Crippen LogP contribution in [0.2, 0.25) is 0 Å². The highest BCUT2D eigenvalue weighted by Gasteiger charge is 2.27. The highest BCUT2D eigenvalue weighted by atomic mass is 16.5. The van der Waals surface area contributed by atoms with Gasteiger partial charge in [0.1, 0.15) is 6.29 Å². The molecule has 0 aliphatic carbocycles. The first kappa shape index (κ1) is 14.7. The van der Waals surface area contributed by atoms with E-state index in [1.54, 1.807) is 0 Å². The van der Waals surface area contributed by atoms with E-state index in [9.17, 15) is 4.79 Å². The van der Waals surface area contributed by atoms with Gasteiger partial charge in [0.05, 0.1) is 12.7 Å². The Labute approximate surface area is 110 Å². The number of aldehydes is 1. The molecule has 0 N–H and O–H groups in total. The average Bonchev–Trinajstić information content (AvgIpc) is 2.35. The molecule has 0 spiro atoms. The van der Waals surface area contributed by atoms with Crippen molar-refractivity contribution < 1.29 is 9.53 Å². The Hall–Kier alpha value is -1.41. The smallest absolute Gasteiger partial charge is 0.120 e. The molecule has 0 aromatic heterocycles. The van der Waals surface area contributed by atoms with Crippen molar-refractivity contribution in [2.24, 2.45) is 5.41 Å². The lowest BCUT2D eigenvalue weighted by atomic mass is 9.83. The number of benzene rings is 1. The van der Waals surface area contributed by atoms with Crippen LogP contribution in [-0.4, -0.2) is 12.4 Å². The summed E-state index contributed by atoms with van der Waals surface area (Å²) in [5.74, 6) is 0. The molecule has 1 rings (SSSR count). The van der Waals surface area contributed by atoms with Gasteiger partial charge in [-0.15, -0.1) is 0 Å². The number of ether oxygens (including phenoxy) is 1. The molecule has 18 heavy (non-hydrogen) atoms. The van der Waals surface area contributed by atoms with Crippen molar-refractivity contribution in [2.75, 3.05) is 0 Å². The van der Waals surface area contributed by atoms with Crippen molar-refractivity contribution in [3.8, 4) is 0 Å². The summed E-state index contributed by atoms with van der Waals surface area (Å²) in [5, 5.41) is 0. The summed E-state index contributed by atoms with van der Waals surface area (Å²) in [4.78, 5) is 10.7. The maximum absolute atomic E-state index is 10.7. The first-order chi connectivity index (χ1) is 8.60. The maximum Gasteiger partial charge on any atom is 0.120 e. The molecule has 0 aliphatic rings. The third-order valence-corrected chi connectivity index (χ3v) is 3.02. The molecule has 0 heterocycles. The summed E-state index contributed by atoms with van der Waals surface area (Å²) in [7, 11) is 0. The summed E-state index contributed by atoms with van der Waals surface area (Å²) in [6.45, 7) is 6.64. The van der Waals surface area contributed by atoms with Crippen LogP contribution in [0.5, 0.6) is 0 Å². The second kappa shape index (κ2) is 7.12. The Balaban J connectivity index is 2.66. The average molecular weight is 246 g/mol. The lowest BCUT2D eigenvalue weighted by molar-refractivity contribution is -0.111. The zero-order valence-corrected chi connectivity index (χ0v) is 11.4. The number of hydrogen-bond acceptors (Lipinski definition) is 2. The van der Waals surface area contributed by atoms with Crippen LogP contribution in [-0.2, 0) is 16.1 Å². The van der Waals surface area contributed by atoms with Gasteiger partial charge in [-0.25, -0.2) is 0 Å². The molecule has 1 atom stereocenters. The number of carbonyl (C=O) groups excluding carboxylic acids is 1. The highest BCUT2D eigenvalue weighted by molar-refractivity contribution is 5.50. The highest BCUT2D eigenvalue weighted by Crippen LogP contribution is 2.28. The molecule has 0 saturated carbocycles. The van der Waals surface area contributed by atoms with Crippen molar-refractivity contribution >= 4 is 6.29 Å². The Bertz CT molecular complexity index is 379. The minimum absolute atomic E-state index is 0.0482. The van der Waals surface area contributed by atoms with Gasteiger partial charge in [0, 0.05) is 11.8 Å². The molecule has 0 radical (unpaired) electrons. The molecule has 0 aliphatic heterocycles. The van der Waals surface area contributed by atoms with E-state index in [2.05, 4.69) is 13.8 Å². The van der Waals surface area contributed by atoms with Crippen molar-refractivity contribution in [1.82, 2.24) is 0 Å². The molecule has 2 nitrogen and oxygen atoms in total. The Morgan fingerprint density at radius 1 is 1.28 bits per heavy atom. The molecule has 0 bridgehead atoms. The molecule has 1 aromatic rings. The van der Waals surface area contributed by atoms with E-state index in [0.29, 0.717) is 13.0 Å². The Morgan fingerprint density at radius 2 is 1.94 bits per heavy atom. The van der Waals surface area contributed by atoms with Gasteiger partial charge >= 0.3 is 0 Å². The van der Waals surface area contributed by atoms with Crippen LogP contribution in [0.25, 0.3) is 0 Å². The predicted molar refractivity (Wildman–Crippen MR) is 74.3 cm³/mol. The SMILES string of the molecule is CC=C[C@H](OCc1ccccc1)C(C)(C)CC=O. The van der Waals surface area contributed by atoms with Crippen molar-refractivity contribution in [2.45, 2.75) is 39.9 Å². The van der Waals surface area contributed by atoms with Crippen LogP contribution in [0, 0.1) is 5.41 Å². The summed E-state index contributed by atoms with van der Waals surface area (Å²) in [6.07, 6.45) is 5.40. The van der Waals surface area contributed by atoms with Gasteiger partial charge in [-0.05, 0) is 12.5 Å². The molecule has 98 valence electrons. The molecule has 2 heteroatoms. The third-order valence-electron chi connectivity index (χ3n) is 3.02. The standard InChI is InChI=1S/C16H22O2/c1-4-8-15(16(2,3)11-12-17)18-13-14-9-6-5-7-10-14/h4-10,12,15H,11,13H2,1-3H3/t15-/m0/s1. The van der Waals surface area contributed by atoms with E-state index in [4.69, 9.17) is 4.74 Å². The van der Waals surface area contributed by atoms with Crippen molar-refractivity contribution in [1.29, 1.82) is 0 Å². The number of rotatable bonds is 7. The van der Waals surface area contributed by atoms with Gasteiger partial charge in [0.25, 0.3) is 0 Å². The van der Waals surface area contributed by atoms with E-state index in [-0.39, 0.29) is 11.5 Å². The topological polar surface area (TPSA) is 26.3 Å². The fourth-order valence-corrected chi connectivity index (χ4v) is 1.81. The number of hydrogen-bond donors (Lipinski definition) is 0. The maximum atomic E-state index is 10.7. The monoisotopic (exact) mass is 246 g/mol. The van der Waals surface area contributed by atoms with Crippen molar-refractivity contribution in [3.63, 3.8) is 0 Å². The predicted octanol–water partition coefficient (Wildman–Crippen LogP) is 3.76. The summed E-state index contributed by atoms with van der Waals surface area (Å²) in [5.41, 5.74) is 0.970. The zero-order chi connectivity index (χ0) is 13.4. The Kier molecular flexibility index (Phi) is 5.79. The molecule has 0 unspecified atom stereocenters. The first-order valence-electron chi connectivity index (χ1n) is 6.32. The van der Waals surface area contributed by atoms with Gasteiger partial charge in [0.2, 0.25) is 0 Å². The van der Waals surface area contributed by atoms with E-state index in [1.165, 1.54) is 0 Å². The summed E-state index contributed by atoms with van der Waals surface area (Å²) in [6, 6.07) is 10.1. The molecular weight excluding hydrogens is 224 g/mol. The van der Waals surface area contributed by atoms with Crippen LogP contribution in [0.4, 0.5) is 0 Å². The zero-order valence-electron chi connectivity index (χ0n) is 11.4. The van der Waals surface area contributed by atoms with Crippen LogP contribution in [0.1, 0.15) is 32.8 Å². The number of allylic oxidation sites excluding steroid dienone is 1. The third kappa shape index (κ3) is 4.46. The minimum Gasteiger partial charge on any atom is -0.369 e. The van der Waals surface area contributed by atoms with E-state index in [0.717, 1.165) is 11.8 Å². The van der Waals surface area contributed by atoms with Gasteiger partial charge in [-0.2, -0.15) is 0 Å². The molecule has 0 amide bonds. The summed E-state index contributed by atoms with van der Waals surface area (Å²) >= 11 is 0. The lowest BCUT2D eigenvalue weighted by Gasteiger charge is -2.30. The fraction of sp³-hybridized carbons (Fsp3) is 0.438. The Morgan fingerprint density at radius 3 is 2.50 bits per heavy atom. The molecule has 0 fully saturated rings. The second-order valence-corrected chi connectivity index (χ2v) is 5.10. The number of carbonyl (C=O) groups is 1. The van der Waals surface area contributed by atoms with E-state index < -0.39 is 0 Å². The largest absolute Gasteiger partial charge is 0.369 e. The van der Waals surface area contributed by atoms with Crippen LogP contribution in [0.3, 0.4) is 0 Å². The van der Waals surface area contributed by atoms with Gasteiger partial charge in [0.15, 0.2) is 0 Å². The summed E-state index contributed by atoms with van der Waals surface area (Å²) < 4.78 is 5.94. The molecule has 0 saturated heterocycles. The van der Waals surface area contributed by atoms with Gasteiger partial charge in [-0.1, -0.05) is 56.3 Å². The van der Waals surface area contributed by atoms with E-state index in [1.807, 2.05) is 49.4 Å². The quantitative estimate of drug-likeness (QED) is 0.541. The molecule has 1 aromatic carbocycles. The molecular formula is C16H22O2. The fourth-order valence-electron chi connectivity index (χ4n) is 1.81. The van der Waals surface area contributed by atoms with Crippen LogP contribution >= 0.6 is 0 Å². The van der Waals surface area contributed by atoms with Crippen LogP contribution < -0.4 is 0 Å². The second-order valence-electron chi connectivity index (χ2n) is 5.10. The van der Waals surface area contributed by atoms with Gasteiger partial charge in [-0.3, -0.25) is 0 Å². The normalized spacial score (nSPS) is 13.7. The van der Waals surface area contributed by atoms with E-state index >= 15 is 0 Å².